The molecule has 0 fully saturated rings. The van der Waals surface area contributed by atoms with Crippen LogP contribution in [0.5, 0.6) is 5.75 Å². The number of carbonyl (C=O) groups is 1. The van der Waals surface area contributed by atoms with Crippen molar-refractivity contribution in [2.24, 2.45) is 0 Å². The Hall–Kier alpha value is -3.48. The Kier molecular flexibility index (Phi) is 4.84. The van der Waals surface area contributed by atoms with Crippen molar-refractivity contribution in [1.29, 1.82) is 0 Å². The van der Waals surface area contributed by atoms with Gasteiger partial charge >= 0.3 is 0 Å². The van der Waals surface area contributed by atoms with Gasteiger partial charge in [0.1, 0.15) is 17.3 Å². The van der Waals surface area contributed by atoms with Crippen LogP contribution in [0.4, 0.5) is 21.7 Å². The number of ether oxygens (including phenoxy) is 1. The standard InChI is InChI=1S/C18H15FN4O2/c1-25-13-8-6-12(7-9-13)21-18-20-11-10-16(23-18)17(24)22-15-5-3-2-4-14(15)19/h2-11H,1H3,(H,22,24)(H,20,21,23). The first-order valence-electron chi connectivity index (χ1n) is 7.46. The van der Waals surface area contributed by atoms with Gasteiger partial charge in [0.2, 0.25) is 5.95 Å². The van der Waals surface area contributed by atoms with Gasteiger partial charge in [0, 0.05) is 11.9 Å². The van der Waals surface area contributed by atoms with E-state index in [1.165, 1.54) is 24.4 Å². The number of anilines is 3. The van der Waals surface area contributed by atoms with Crippen molar-refractivity contribution >= 4 is 23.2 Å². The molecule has 0 aliphatic rings. The number of amides is 1. The van der Waals surface area contributed by atoms with E-state index in [2.05, 4.69) is 20.6 Å². The van der Waals surface area contributed by atoms with E-state index in [0.29, 0.717) is 0 Å². The molecule has 2 N–H and O–H groups in total. The van der Waals surface area contributed by atoms with E-state index < -0.39 is 11.7 Å². The first-order chi connectivity index (χ1) is 12.2. The van der Waals surface area contributed by atoms with Gasteiger partial charge < -0.3 is 15.4 Å². The third-order valence-corrected chi connectivity index (χ3v) is 3.36. The molecule has 0 aliphatic heterocycles. The van der Waals surface area contributed by atoms with Crippen LogP contribution in [-0.4, -0.2) is 23.0 Å². The fourth-order valence-corrected chi connectivity index (χ4v) is 2.10. The summed E-state index contributed by atoms with van der Waals surface area (Å²) in [6.07, 6.45) is 1.45. The summed E-state index contributed by atoms with van der Waals surface area (Å²) >= 11 is 0. The number of nitrogens with one attached hydrogen (secondary N) is 2. The number of rotatable bonds is 5. The van der Waals surface area contributed by atoms with E-state index in [-0.39, 0.29) is 17.3 Å². The molecule has 0 spiro atoms. The van der Waals surface area contributed by atoms with Crippen molar-refractivity contribution in [2.75, 3.05) is 17.7 Å². The Morgan fingerprint density at radius 3 is 2.56 bits per heavy atom. The van der Waals surface area contributed by atoms with Gasteiger partial charge in [-0.25, -0.2) is 14.4 Å². The molecular weight excluding hydrogens is 323 g/mol. The number of hydrogen-bond acceptors (Lipinski definition) is 5. The number of hydrogen-bond donors (Lipinski definition) is 2. The van der Waals surface area contributed by atoms with Gasteiger partial charge in [-0.05, 0) is 42.5 Å². The molecule has 0 atom stereocenters. The summed E-state index contributed by atoms with van der Waals surface area (Å²) in [5, 5.41) is 5.48. The summed E-state index contributed by atoms with van der Waals surface area (Å²) in [5.74, 6) is -0.0531. The van der Waals surface area contributed by atoms with Crippen LogP contribution in [-0.2, 0) is 0 Å². The summed E-state index contributed by atoms with van der Waals surface area (Å²) in [4.78, 5) is 20.5. The summed E-state index contributed by atoms with van der Waals surface area (Å²) in [6.45, 7) is 0. The lowest BCUT2D eigenvalue weighted by Gasteiger charge is -2.08. The minimum Gasteiger partial charge on any atom is -0.497 e. The molecule has 1 amide bonds. The predicted molar refractivity (Wildman–Crippen MR) is 92.7 cm³/mol. The van der Waals surface area contributed by atoms with Crippen LogP contribution in [0, 0.1) is 5.82 Å². The average molecular weight is 338 g/mol. The molecule has 25 heavy (non-hydrogen) atoms. The zero-order valence-corrected chi connectivity index (χ0v) is 13.4. The van der Waals surface area contributed by atoms with E-state index in [1.807, 2.05) is 0 Å². The fraction of sp³-hybridized carbons (Fsp3) is 0.0556. The van der Waals surface area contributed by atoms with Gasteiger partial charge in [-0.1, -0.05) is 12.1 Å². The van der Waals surface area contributed by atoms with Gasteiger partial charge in [0.05, 0.1) is 12.8 Å². The maximum atomic E-state index is 13.6. The molecule has 0 radical (unpaired) electrons. The SMILES string of the molecule is COc1ccc(Nc2nccc(C(=O)Nc3ccccc3F)n2)cc1. The average Bonchev–Trinajstić information content (AvgIpc) is 2.64. The van der Waals surface area contributed by atoms with Crippen molar-refractivity contribution in [3.05, 3.63) is 72.3 Å². The number of nitrogens with zero attached hydrogens (tertiary/aromatic N) is 2. The summed E-state index contributed by atoms with van der Waals surface area (Å²) < 4.78 is 18.7. The largest absolute Gasteiger partial charge is 0.497 e. The van der Waals surface area contributed by atoms with Crippen LogP contribution in [0.3, 0.4) is 0 Å². The molecule has 0 bridgehead atoms. The zero-order valence-electron chi connectivity index (χ0n) is 13.4. The van der Waals surface area contributed by atoms with Crippen LogP contribution in [0.1, 0.15) is 10.5 Å². The van der Waals surface area contributed by atoms with Crippen molar-refractivity contribution in [2.45, 2.75) is 0 Å². The van der Waals surface area contributed by atoms with Gasteiger partial charge in [-0.15, -0.1) is 0 Å². The normalized spacial score (nSPS) is 10.2. The van der Waals surface area contributed by atoms with Gasteiger partial charge in [-0.3, -0.25) is 4.79 Å². The van der Waals surface area contributed by atoms with Crippen molar-refractivity contribution in [3.63, 3.8) is 0 Å². The highest BCUT2D eigenvalue weighted by Gasteiger charge is 2.11. The second-order valence-corrected chi connectivity index (χ2v) is 5.05. The number of methoxy groups -OCH3 is 1. The molecule has 0 saturated carbocycles. The minimum atomic E-state index is -0.523. The Labute approximate surface area is 143 Å². The van der Waals surface area contributed by atoms with E-state index in [4.69, 9.17) is 4.74 Å². The molecule has 3 aromatic rings. The minimum absolute atomic E-state index is 0.0933. The second kappa shape index (κ2) is 7.39. The maximum Gasteiger partial charge on any atom is 0.274 e. The highest BCUT2D eigenvalue weighted by Crippen LogP contribution is 2.18. The monoisotopic (exact) mass is 338 g/mol. The highest BCUT2D eigenvalue weighted by molar-refractivity contribution is 6.03. The molecule has 126 valence electrons. The highest BCUT2D eigenvalue weighted by atomic mass is 19.1. The Balaban J connectivity index is 1.74. The smallest absolute Gasteiger partial charge is 0.274 e. The van der Waals surface area contributed by atoms with Crippen LogP contribution in [0.15, 0.2) is 60.8 Å². The number of benzene rings is 2. The fourth-order valence-electron chi connectivity index (χ4n) is 2.10. The van der Waals surface area contributed by atoms with Crippen molar-refractivity contribution in [1.82, 2.24) is 9.97 Å². The Morgan fingerprint density at radius 1 is 1.08 bits per heavy atom. The van der Waals surface area contributed by atoms with E-state index in [1.54, 1.807) is 43.5 Å². The quantitative estimate of drug-likeness (QED) is 0.743. The van der Waals surface area contributed by atoms with E-state index >= 15 is 0 Å². The number of halogens is 1. The Bertz CT molecular complexity index is 884. The number of carbonyl (C=O) groups excluding carboxylic acids is 1. The van der Waals surface area contributed by atoms with Crippen LogP contribution in [0.25, 0.3) is 0 Å². The zero-order chi connectivity index (χ0) is 17.6. The third kappa shape index (κ3) is 4.08. The molecule has 0 unspecified atom stereocenters. The number of aromatic nitrogens is 2. The second-order valence-electron chi connectivity index (χ2n) is 5.05. The molecule has 7 heteroatoms. The van der Waals surface area contributed by atoms with Crippen molar-refractivity contribution in [3.8, 4) is 5.75 Å². The van der Waals surface area contributed by atoms with Gasteiger partial charge in [0.15, 0.2) is 0 Å². The summed E-state index contributed by atoms with van der Waals surface area (Å²) in [5.41, 5.74) is 0.956. The molecule has 2 aromatic carbocycles. The number of para-hydroxylation sites is 1. The molecule has 1 heterocycles. The predicted octanol–water partition coefficient (Wildman–Crippen LogP) is 3.62. The maximum absolute atomic E-state index is 13.6. The lowest BCUT2D eigenvalue weighted by atomic mass is 10.3. The van der Waals surface area contributed by atoms with E-state index in [9.17, 15) is 9.18 Å². The van der Waals surface area contributed by atoms with E-state index in [0.717, 1.165) is 11.4 Å². The summed E-state index contributed by atoms with van der Waals surface area (Å²) in [6, 6.07) is 14.6. The van der Waals surface area contributed by atoms with Crippen LogP contribution in [0.2, 0.25) is 0 Å². The molecule has 6 nitrogen and oxygen atoms in total. The molecular formula is C18H15FN4O2. The van der Waals surface area contributed by atoms with Gasteiger partial charge in [0.25, 0.3) is 5.91 Å². The molecule has 3 rings (SSSR count). The molecule has 1 aromatic heterocycles. The first kappa shape index (κ1) is 16.4. The van der Waals surface area contributed by atoms with Crippen LogP contribution < -0.4 is 15.4 Å². The molecule has 0 aliphatic carbocycles. The topological polar surface area (TPSA) is 76.1 Å². The summed E-state index contributed by atoms with van der Waals surface area (Å²) in [7, 11) is 1.59. The van der Waals surface area contributed by atoms with Crippen molar-refractivity contribution < 1.29 is 13.9 Å². The van der Waals surface area contributed by atoms with Gasteiger partial charge in [-0.2, -0.15) is 0 Å². The third-order valence-electron chi connectivity index (χ3n) is 3.36. The van der Waals surface area contributed by atoms with Crippen LogP contribution >= 0.6 is 0 Å². The first-order valence-corrected chi connectivity index (χ1v) is 7.46. The molecule has 0 saturated heterocycles. The lowest BCUT2D eigenvalue weighted by molar-refractivity contribution is 0.102. The Morgan fingerprint density at radius 2 is 1.84 bits per heavy atom. The lowest BCUT2D eigenvalue weighted by Crippen LogP contribution is -2.15.